The Morgan fingerprint density at radius 2 is 1.86 bits per heavy atom. The average molecular weight is 286 g/mol. The molecule has 4 heteroatoms. The van der Waals surface area contributed by atoms with Gasteiger partial charge in [0.15, 0.2) is 5.76 Å². The number of nitrogens with zero attached hydrogens (tertiary/aromatic N) is 1. The van der Waals surface area contributed by atoms with Crippen molar-refractivity contribution < 1.29 is 9.21 Å². The molecule has 0 aliphatic heterocycles. The number of nitrogens with two attached hydrogens (primary N) is 1. The maximum atomic E-state index is 12.2. The number of carbonyl (C=O) groups excluding carboxylic acids is 1. The van der Waals surface area contributed by atoms with Gasteiger partial charge in [0.25, 0.3) is 5.91 Å². The molecule has 0 radical (unpaired) electrons. The number of furan rings is 1. The Kier molecular flexibility index (Phi) is 4.81. The monoisotopic (exact) mass is 286 g/mol. The lowest BCUT2D eigenvalue weighted by Gasteiger charge is -2.16. The van der Waals surface area contributed by atoms with Crippen LogP contribution in [0.5, 0.6) is 0 Å². The molecule has 2 rings (SSSR count). The van der Waals surface area contributed by atoms with E-state index in [0.717, 1.165) is 5.56 Å². The van der Waals surface area contributed by atoms with Crippen molar-refractivity contribution in [2.45, 2.75) is 32.9 Å². The summed E-state index contributed by atoms with van der Waals surface area (Å²) >= 11 is 0. The van der Waals surface area contributed by atoms with Crippen LogP contribution in [0.4, 0.5) is 0 Å². The number of amides is 1. The standard InChI is InChI=1S/C17H22N2O2/c1-12(2)14-6-4-13(5-7-14)11-19(3)17(20)16-9-8-15(10-18)21-16/h4-9,12H,10-11,18H2,1-3H3. The summed E-state index contributed by atoms with van der Waals surface area (Å²) in [4.78, 5) is 13.9. The molecule has 1 heterocycles. The van der Waals surface area contributed by atoms with Gasteiger partial charge in [-0.2, -0.15) is 0 Å². The molecule has 0 aliphatic carbocycles. The Morgan fingerprint density at radius 1 is 1.19 bits per heavy atom. The predicted molar refractivity (Wildman–Crippen MR) is 82.9 cm³/mol. The van der Waals surface area contributed by atoms with Gasteiger partial charge < -0.3 is 15.1 Å². The van der Waals surface area contributed by atoms with Crippen molar-refractivity contribution in [3.8, 4) is 0 Å². The van der Waals surface area contributed by atoms with E-state index in [4.69, 9.17) is 10.2 Å². The van der Waals surface area contributed by atoms with E-state index >= 15 is 0 Å². The fourth-order valence-electron chi connectivity index (χ4n) is 2.14. The molecule has 21 heavy (non-hydrogen) atoms. The maximum absolute atomic E-state index is 12.2. The van der Waals surface area contributed by atoms with Gasteiger partial charge in [-0.15, -0.1) is 0 Å². The molecule has 112 valence electrons. The molecule has 0 fully saturated rings. The summed E-state index contributed by atoms with van der Waals surface area (Å²) in [6.45, 7) is 5.18. The van der Waals surface area contributed by atoms with Crippen molar-refractivity contribution in [2.24, 2.45) is 5.73 Å². The summed E-state index contributed by atoms with van der Waals surface area (Å²) in [5, 5.41) is 0. The van der Waals surface area contributed by atoms with Gasteiger partial charge in [-0.25, -0.2) is 0 Å². The molecule has 0 bridgehead atoms. The van der Waals surface area contributed by atoms with Crippen LogP contribution in [0.2, 0.25) is 0 Å². The first kappa shape index (κ1) is 15.3. The van der Waals surface area contributed by atoms with Gasteiger partial charge in [-0.05, 0) is 29.2 Å². The Labute approximate surface area is 125 Å². The second-order valence-corrected chi connectivity index (χ2v) is 5.53. The van der Waals surface area contributed by atoms with E-state index in [9.17, 15) is 4.79 Å². The van der Waals surface area contributed by atoms with Crippen LogP contribution in [0.25, 0.3) is 0 Å². The van der Waals surface area contributed by atoms with Gasteiger partial charge in [0.2, 0.25) is 0 Å². The highest BCUT2D eigenvalue weighted by molar-refractivity contribution is 5.91. The van der Waals surface area contributed by atoms with Crippen molar-refractivity contribution in [3.63, 3.8) is 0 Å². The molecule has 1 aromatic carbocycles. The Balaban J connectivity index is 2.03. The van der Waals surface area contributed by atoms with Crippen LogP contribution >= 0.6 is 0 Å². The smallest absolute Gasteiger partial charge is 0.289 e. The third kappa shape index (κ3) is 3.73. The SMILES string of the molecule is CC(C)c1ccc(CN(C)C(=O)c2ccc(CN)o2)cc1. The second kappa shape index (κ2) is 6.59. The molecule has 0 spiro atoms. The van der Waals surface area contributed by atoms with Crippen molar-refractivity contribution in [1.82, 2.24) is 4.90 Å². The fourth-order valence-corrected chi connectivity index (χ4v) is 2.14. The molecule has 2 N–H and O–H groups in total. The van der Waals surface area contributed by atoms with Crippen LogP contribution in [0.1, 0.15) is 47.2 Å². The van der Waals surface area contributed by atoms with E-state index in [1.165, 1.54) is 5.56 Å². The Bertz CT molecular complexity index is 600. The van der Waals surface area contributed by atoms with Crippen LogP contribution in [0.3, 0.4) is 0 Å². The molecule has 0 aliphatic rings. The van der Waals surface area contributed by atoms with Gasteiger partial charge in [0.1, 0.15) is 5.76 Å². The highest BCUT2D eigenvalue weighted by Gasteiger charge is 2.16. The number of rotatable bonds is 5. The Morgan fingerprint density at radius 3 is 2.38 bits per heavy atom. The van der Waals surface area contributed by atoms with Crippen LogP contribution in [0, 0.1) is 0 Å². The van der Waals surface area contributed by atoms with E-state index < -0.39 is 0 Å². The van der Waals surface area contributed by atoms with E-state index in [2.05, 4.69) is 38.1 Å². The van der Waals surface area contributed by atoms with Crippen LogP contribution in [0.15, 0.2) is 40.8 Å². The van der Waals surface area contributed by atoms with Crippen LogP contribution in [-0.2, 0) is 13.1 Å². The van der Waals surface area contributed by atoms with E-state index in [1.54, 1.807) is 24.1 Å². The summed E-state index contributed by atoms with van der Waals surface area (Å²) in [5.41, 5.74) is 7.88. The van der Waals surface area contributed by atoms with Crippen molar-refractivity contribution >= 4 is 5.91 Å². The first-order valence-electron chi connectivity index (χ1n) is 7.14. The zero-order valence-electron chi connectivity index (χ0n) is 12.8. The lowest BCUT2D eigenvalue weighted by atomic mass is 10.0. The number of carbonyl (C=O) groups is 1. The van der Waals surface area contributed by atoms with Gasteiger partial charge in [-0.3, -0.25) is 4.79 Å². The van der Waals surface area contributed by atoms with Crippen LogP contribution in [-0.4, -0.2) is 17.9 Å². The van der Waals surface area contributed by atoms with Crippen LogP contribution < -0.4 is 5.73 Å². The summed E-state index contributed by atoms with van der Waals surface area (Å²) in [6.07, 6.45) is 0. The van der Waals surface area contributed by atoms with Crippen molar-refractivity contribution in [2.75, 3.05) is 7.05 Å². The highest BCUT2D eigenvalue weighted by Crippen LogP contribution is 2.16. The summed E-state index contributed by atoms with van der Waals surface area (Å²) in [7, 11) is 1.77. The van der Waals surface area contributed by atoms with E-state index in [-0.39, 0.29) is 5.91 Å². The first-order valence-corrected chi connectivity index (χ1v) is 7.14. The molecule has 0 saturated heterocycles. The second-order valence-electron chi connectivity index (χ2n) is 5.53. The van der Waals surface area contributed by atoms with Gasteiger partial charge in [-0.1, -0.05) is 38.1 Å². The quantitative estimate of drug-likeness (QED) is 0.918. The first-order chi connectivity index (χ1) is 10.0. The lowest BCUT2D eigenvalue weighted by Crippen LogP contribution is -2.25. The number of benzene rings is 1. The molecular formula is C17H22N2O2. The minimum absolute atomic E-state index is 0.136. The molecule has 4 nitrogen and oxygen atoms in total. The zero-order valence-corrected chi connectivity index (χ0v) is 12.8. The summed E-state index contributed by atoms with van der Waals surface area (Å²) < 4.78 is 5.39. The minimum atomic E-state index is -0.136. The fraction of sp³-hybridized carbons (Fsp3) is 0.353. The highest BCUT2D eigenvalue weighted by atomic mass is 16.4. The zero-order chi connectivity index (χ0) is 15.4. The molecule has 1 aromatic heterocycles. The molecule has 0 saturated carbocycles. The molecule has 2 aromatic rings. The summed E-state index contributed by atoms with van der Waals surface area (Å²) in [6, 6.07) is 11.7. The third-order valence-corrected chi connectivity index (χ3v) is 3.49. The minimum Gasteiger partial charge on any atom is -0.455 e. The topological polar surface area (TPSA) is 59.5 Å². The van der Waals surface area contributed by atoms with Crippen molar-refractivity contribution in [3.05, 3.63) is 59.0 Å². The normalized spacial score (nSPS) is 10.9. The van der Waals surface area contributed by atoms with Gasteiger partial charge in [0, 0.05) is 13.6 Å². The average Bonchev–Trinajstić information content (AvgIpc) is 2.95. The molecular weight excluding hydrogens is 264 g/mol. The largest absolute Gasteiger partial charge is 0.455 e. The number of hydrogen-bond donors (Lipinski definition) is 1. The summed E-state index contributed by atoms with van der Waals surface area (Å²) in [5.74, 6) is 1.32. The van der Waals surface area contributed by atoms with E-state index in [1.807, 2.05) is 0 Å². The molecule has 0 unspecified atom stereocenters. The number of hydrogen-bond acceptors (Lipinski definition) is 3. The lowest BCUT2D eigenvalue weighted by molar-refractivity contribution is 0.0751. The van der Waals surface area contributed by atoms with Gasteiger partial charge in [0.05, 0.1) is 6.54 Å². The third-order valence-electron chi connectivity index (χ3n) is 3.49. The Hall–Kier alpha value is -2.07. The van der Waals surface area contributed by atoms with E-state index in [0.29, 0.717) is 30.5 Å². The van der Waals surface area contributed by atoms with Crippen molar-refractivity contribution in [1.29, 1.82) is 0 Å². The van der Waals surface area contributed by atoms with Gasteiger partial charge >= 0.3 is 0 Å². The maximum Gasteiger partial charge on any atom is 0.289 e. The molecule has 1 amide bonds. The molecule has 0 atom stereocenters. The predicted octanol–water partition coefficient (Wildman–Crippen LogP) is 3.13.